The summed E-state index contributed by atoms with van der Waals surface area (Å²) in [5.41, 5.74) is 4.04. The van der Waals surface area contributed by atoms with Crippen molar-refractivity contribution >= 4 is 55.4 Å². The van der Waals surface area contributed by atoms with E-state index in [1.54, 1.807) is 12.2 Å². The molecule has 0 aliphatic heterocycles. The van der Waals surface area contributed by atoms with Crippen LogP contribution in [0.15, 0.2) is 87.0 Å². The van der Waals surface area contributed by atoms with Gasteiger partial charge in [-0.25, -0.2) is 20.2 Å². The fourth-order valence-corrected chi connectivity index (χ4v) is 6.14. The molecule has 6 rings (SSSR count). The van der Waals surface area contributed by atoms with Crippen LogP contribution in [-0.2, 0) is 0 Å². The minimum absolute atomic E-state index is 0.0279. The molecule has 0 fully saturated rings. The maximum atomic E-state index is 9.06. The zero-order valence-corrected chi connectivity index (χ0v) is 21.5. The molecule has 39 heavy (non-hydrogen) atoms. The van der Waals surface area contributed by atoms with Crippen molar-refractivity contribution in [2.24, 2.45) is 0 Å². The molecule has 0 saturated heterocycles. The van der Waals surface area contributed by atoms with E-state index in [0.29, 0.717) is 22.7 Å². The molecular weight excluding hydrogens is 526 g/mol. The first-order valence-electron chi connectivity index (χ1n) is 11.4. The summed E-state index contributed by atoms with van der Waals surface area (Å²) in [4.78, 5) is 8.01. The van der Waals surface area contributed by atoms with Crippen LogP contribution in [0, 0.1) is 35.8 Å². The van der Waals surface area contributed by atoms with Crippen molar-refractivity contribution in [3.8, 4) is 40.7 Å². The number of benzene rings is 1. The Balaban J connectivity index is 1.44. The smallest absolute Gasteiger partial charge is 0.263 e. The minimum atomic E-state index is 0.0279. The number of aromatic nitrogens is 1. The average Bonchev–Trinajstić information content (AvgIpc) is 3.75. The Morgan fingerprint density at radius 1 is 0.744 bits per heavy atom. The first-order chi connectivity index (χ1) is 19.1. The Bertz CT molecular complexity index is 1890. The van der Waals surface area contributed by atoms with Crippen molar-refractivity contribution in [2.45, 2.75) is 0 Å². The molecule has 0 spiro atoms. The zero-order chi connectivity index (χ0) is 26.9. The molecule has 0 aliphatic rings. The first kappa shape index (κ1) is 23.8. The molecule has 0 amide bonds. The van der Waals surface area contributed by atoms with Crippen LogP contribution in [0.3, 0.4) is 0 Å². The van der Waals surface area contributed by atoms with Crippen LogP contribution in [0.4, 0.5) is 0 Å². The van der Waals surface area contributed by atoms with Crippen LogP contribution in [0.25, 0.3) is 71.0 Å². The second-order valence-electron chi connectivity index (χ2n) is 8.26. The highest BCUT2D eigenvalue weighted by Gasteiger charge is 2.20. The summed E-state index contributed by atoms with van der Waals surface area (Å²) in [7, 11) is 0. The number of thiophene rings is 2. The zero-order valence-electron chi connectivity index (χ0n) is 19.9. The highest BCUT2D eigenvalue weighted by molar-refractivity contribution is 7.20. The molecule has 5 aromatic heterocycles. The molecule has 5 heterocycles. The highest BCUT2D eigenvalue weighted by Crippen LogP contribution is 2.40. The largest absolute Gasteiger partial charge is 0.454 e. The predicted octanol–water partition coefficient (Wildman–Crippen LogP) is 8.99. The first-order valence-corrected chi connectivity index (χ1v) is 13.1. The summed E-state index contributed by atoms with van der Waals surface area (Å²) in [5.74, 6) is 1.35. The number of rotatable bonds is 5. The van der Waals surface area contributed by atoms with Gasteiger partial charge in [-0.1, -0.05) is 18.2 Å². The van der Waals surface area contributed by atoms with E-state index in [2.05, 4.69) is 14.3 Å². The van der Waals surface area contributed by atoms with Crippen molar-refractivity contribution in [1.29, 1.82) is 10.5 Å². The molecule has 182 valence electrons. The standard InChI is InChI=1S/C30H13N5O2S2/c1-33-18(16-31)10-21-12-27-29(38-21)14-25(36-27)23-8-9-24(35(23)20-6-4-3-5-7-20)26-15-30-28(37-26)13-22(39-30)11-19(17-32)34-2/h3-15H/b18-10-,19-11+. The summed E-state index contributed by atoms with van der Waals surface area (Å²) < 4.78 is 16.4. The molecule has 0 aliphatic carbocycles. The molecule has 0 saturated carbocycles. The fraction of sp³-hybridized carbons (Fsp3) is 0. The number of fused-ring (bicyclic) bond motifs is 2. The summed E-state index contributed by atoms with van der Waals surface area (Å²) in [6.07, 6.45) is 3.12. The monoisotopic (exact) mass is 539 g/mol. The van der Waals surface area contributed by atoms with E-state index in [4.69, 9.17) is 32.5 Å². The molecule has 0 radical (unpaired) electrons. The Labute approximate surface area is 230 Å². The average molecular weight is 540 g/mol. The van der Waals surface area contributed by atoms with E-state index >= 15 is 0 Å². The topological polar surface area (TPSA) is 87.5 Å². The number of hydrogen-bond donors (Lipinski definition) is 0. The number of hydrogen-bond acceptors (Lipinski definition) is 6. The number of para-hydroxylation sites is 1. The van der Waals surface area contributed by atoms with Gasteiger partial charge in [-0.05, 0) is 48.6 Å². The lowest BCUT2D eigenvalue weighted by Gasteiger charge is -2.11. The lowest BCUT2D eigenvalue weighted by Crippen LogP contribution is -1.98. The van der Waals surface area contributed by atoms with Gasteiger partial charge < -0.3 is 13.4 Å². The van der Waals surface area contributed by atoms with Gasteiger partial charge in [0.15, 0.2) is 11.5 Å². The fourth-order valence-electron chi connectivity index (χ4n) is 4.23. The van der Waals surface area contributed by atoms with Crippen LogP contribution in [0.5, 0.6) is 0 Å². The number of furan rings is 2. The second kappa shape index (κ2) is 9.71. The summed E-state index contributed by atoms with van der Waals surface area (Å²) in [6.45, 7) is 14.2. The Morgan fingerprint density at radius 3 is 1.64 bits per heavy atom. The van der Waals surface area contributed by atoms with Crippen LogP contribution in [0.2, 0.25) is 0 Å². The summed E-state index contributed by atoms with van der Waals surface area (Å²) >= 11 is 2.91. The van der Waals surface area contributed by atoms with Gasteiger partial charge >= 0.3 is 0 Å². The third kappa shape index (κ3) is 4.31. The lowest BCUT2D eigenvalue weighted by molar-refractivity contribution is 0.621. The van der Waals surface area contributed by atoms with E-state index in [0.717, 1.165) is 36.2 Å². The summed E-state index contributed by atoms with van der Waals surface area (Å²) in [6, 6.07) is 25.2. The molecule has 9 heteroatoms. The van der Waals surface area contributed by atoms with Crippen LogP contribution in [0.1, 0.15) is 9.75 Å². The van der Waals surface area contributed by atoms with Crippen LogP contribution < -0.4 is 0 Å². The van der Waals surface area contributed by atoms with Gasteiger partial charge in [0.05, 0.1) is 46.1 Å². The Morgan fingerprint density at radius 2 is 1.23 bits per heavy atom. The highest BCUT2D eigenvalue weighted by atomic mass is 32.1. The number of nitriles is 2. The van der Waals surface area contributed by atoms with Gasteiger partial charge in [-0.2, -0.15) is 0 Å². The van der Waals surface area contributed by atoms with Crippen molar-refractivity contribution in [3.05, 3.63) is 111 Å². The van der Waals surface area contributed by atoms with Gasteiger partial charge in [-0.3, -0.25) is 0 Å². The van der Waals surface area contributed by atoms with Crippen LogP contribution in [-0.4, -0.2) is 4.57 Å². The van der Waals surface area contributed by atoms with E-state index in [9.17, 15) is 0 Å². The molecule has 0 bridgehead atoms. The normalized spacial score (nSPS) is 11.8. The third-order valence-electron chi connectivity index (χ3n) is 5.88. The van der Waals surface area contributed by atoms with E-state index < -0.39 is 0 Å². The van der Waals surface area contributed by atoms with Crippen molar-refractivity contribution in [3.63, 3.8) is 0 Å². The number of allylic oxidation sites excluding steroid dienone is 2. The SMILES string of the molecule is [C-]#[N+]/C(C#N)=C\c1cc2oc(-c3ccc(-c4cc5sc(/C=C(\C#N)[N+]#[C-])cc5o4)n3-c3ccccc3)cc2s1. The molecule has 1 aromatic carbocycles. The molecule has 6 aromatic rings. The third-order valence-corrected chi connectivity index (χ3v) is 7.90. The van der Waals surface area contributed by atoms with Crippen molar-refractivity contribution in [2.75, 3.05) is 0 Å². The van der Waals surface area contributed by atoms with E-state index in [1.807, 2.05) is 78.9 Å². The molecule has 0 unspecified atom stereocenters. The maximum Gasteiger partial charge on any atom is 0.263 e. The van der Waals surface area contributed by atoms with E-state index in [1.165, 1.54) is 22.7 Å². The van der Waals surface area contributed by atoms with Gasteiger partial charge in [0.2, 0.25) is 0 Å². The Kier molecular flexibility index (Phi) is 5.92. The van der Waals surface area contributed by atoms with Crippen molar-refractivity contribution < 1.29 is 8.83 Å². The molecule has 7 nitrogen and oxygen atoms in total. The number of nitrogens with zero attached hydrogens (tertiary/aromatic N) is 5. The van der Waals surface area contributed by atoms with Gasteiger partial charge in [0.25, 0.3) is 11.4 Å². The van der Waals surface area contributed by atoms with Crippen molar-refractivity contribution in [1.82, 2.24) is 4.57 Å². The Hall–Kier alpha value is -5.58. The molecule has 0 N–H and O–H groups in total. The molecular formula is C30H13N5O2S2. The van der Waals surface area contributed by atoms with Crippen LogP contribution >= 0.6 is 22.7 Å². The second-order valence-corrected chi connectivity index (χ2v) is 10.5. The quantitative estimate of drug-likeness (QED) is 0.162. The van der Waals surface area contributed by atoms with Gasteiger partial charge in [0, 0.05) is 27.6 Å². The summed E-state index contributed by atoms with van der Waals surface area (Å²) in [5, 5.41) is 18.1. The van der Waals surface area contributed by atoms with Gasteiger partial charge in [0.1, 0.15) is 11.2 Å². The minimum Gasteiger partial charge on any atom is -0.454 e. The van der Waals surface area contributed by atoms with E-state index in [-0.39, 0.29) is 11.4 Å². The van der Waals surface area contributed by atoms with Gasteiger partial charge in [-0.15, -0.1) is 22.7 Å². The predicted molar refractivity (Wildman–Crippen MR) is 152 cm³/mol. The molecule has 0 atom stereocenters. The lowest BCUT2D eigenvalue weighted by atomic mass is 10.2. The maximum absolute atomic E-state index is 9.06.